The summed E-state index contributed by atoms with van der Waals surface area (Å²) in [5.41, 5.74) is 0.415. The number of hydrogen-bond acceptors (Lipinski definition) is 1. The molecule has 1 atom stereocenters. The number of alkyl halides is 1. The first-order valence-corrected chi connectivity index (χ1v) is 6.80. The first kappa shape index (κ1) is 14.4. The Kier molecular flexibility index (Phi) is 7.94. The molecule has 0 amide bonds. The number of rotatable bonds is 8. The third-order valence-corrected chi connectivity index (χ3v) is 4.22. The van der Waals surface area contributed by atoms with E-state index >= 15 is 0 Å². The van der Waals surface area contributed by atoms with Crippen molar-refractivity contribution in [2.75, 3.05) is 18.5 Å². The van der Waals surface area contributed by atoms with Gasteiger partial charge in [0.15, 0.2) is 0 Å². The van der Waals surface area contributed by atoms with Crippen molar-refractivity contribution >= 4 is 15.9 Å². The molecule has 0 aliphatic carbocycles. The molecule has 0 spiro atoms. The SMILES string of the molecule is CCC(C)(CBr)CCOCCC(C)C. The lowest BCUT2D eigenvalue weighted by atomic mass is 9.87. The highest BCUT2D eigenvalue weighted by atomic mass is 79.9. The second kappa shape index (κ2) is 7.70. The summed E-state index contributed by atoms with van der Waals surface area (Å²) in [4.78, 5) is 0. The van der Waals surface area contributed by atoms with Gasteiger partial charge in [-0.2, -0.15) is 0 Å². The summed E-state index contributed by atoms with van der Waals surface area (Å²) in [5.74, 6) is 0.753. The number of ether oxygens (including phenoxy) is 1. The van der Waals surface area contributed by atoms with Crippen LogP contribution < -0.4 is 0 Å². The standard InChI is InChI=1S/C12H25BrO/c1-5-12(4,10-13)7-9-14-8-6-11(2)3/h11H,5-10H2,1-4H3. The fraction of sp³-hybridized carbons (Fsp3) is 1.00. The molecule has 1 unspecified atom stereocenters. The van der Waals surface area contributed by atoms with Crippen molar-refractivity contribution in [2.24, 2.45) is 11.3 Å². The maximum absolute atomic E-state index is 5.62. The van der Waals surface area contributed by atoms with E-state index in [2.05, 4.69) is 43.6 Å². The smallest absolute Gasteiger partial charge is 0.0471 e. The zero-order valence-electron chi connectivity index (χ0n) is 10.1. The van der Waals surface area contributed by atoms with Crippen molar-refractivity contribution in [3.63, 3.8) is 0 Å². The molecule has 0 aliphatic heterocycles. The van der Waals surface area contributed by atoms with Crippen molar-refractivity contribution < 1.29 is 4.74 Å². The Labute approximate surface area is 97.7 Å². The van der Waals surface area contributed by atoms with E-state index < -0.39 is 0 Å². The maximum Gasteiger partial charge on any atom is 0.0471 e. The minimum Gasteiger partial charge on any atom is -0.381 e. The zero-order chi connectivity index (χ0) is 11.0. The van der Waals surface area contributed by atoms with Gasteiger partial charge in [0.05, 0.1) is 0 Å². The van der Waals surface area contributed by atoms with E-state index in [1.54, 1.807) is 0 Å². The summed E-state index contributed by atoms with van der Waals surface area (Å²) in [6, 6.07) is 0. The van der Waals surface area contributed by atoms with Crippen LogP contribution in [0, 0.1) is 11.3 Å². The van der Waals surface area contributed by atoms with E-state index in [1.807, 2.05) is 0 Å². The molecule has 0 aromatic carbocycles. The third-order valence-electron chi connectivity index (χ3n) is 2.87. The van der Waals surface area contributed by atoms with Gasteiger partial charge in [0.1, 0.15) is 0 Å². The van der Waals surface area contributed by atoms with Crippen molar-refractivity contribution in [1.82, 2.24) is 0 Å². The Bertz CT molecular complexity index is 130. The van der Waals surface area contributed by atoms with Crippen LogP contribution in [0.1, 0.15) is 47.0 Å². The Balaban J connectivity index is 3.43. The van der Waals surface area contributed by atoms with Crippen LogP contribution in [0.4, 0.5) is 0 Å². The van der Waals surface area contributed by atoms with Crippen molar-refractivity contribution in [3.05, 3.63) is 0 Å². The summed E-state index contributed by atoms with van der Waals surface area (Å²) in [7, 11) is 0. The first-order valence-electron chi connectivity index (χ1n) is 5.68. The maximum atomic E-state index is 5.62. The van der Waals surface area contributed by atoms with Crippen LogP contribution in [0.2, 0.25) is 0 Å². The summed E-state index contributed by atoms with van der Waals surface area (Å²) < 4.78 is 5.62. The average Bonchev–Trinajstić information content (AvgIpc) is 2.16. The molecular weight excluding hydrogens is 240 g/mol. The lowest BCUT2D eigenvalue weighted by Crippen LogP contribution is -2.19. The molecule has 0 aliphatic rings. The molecule has 0 aromatic rings. The van der Waals surface area contributed by atoms with Gasteiger partial charge in [0, 0.05) is 18.5 Å². The lowest BCUT2D eigenvalue weighted by molar-refractivity contribution is 0.0962. The van der Waals surface area contributed by atoms with E-state index in [9.17, 15) is 0 Å². The Morgan fingerprint density at radius 1 is 1.29 bits per heavy atom. The van der Waals surface area contributed by atoms with E-state index in [4.69, 9.17) is 4.74 Å². The Morgan fingerprint density at radius 3 is 2.36 bits per heavy atom. The fourth-order valence-corrected chi connectivity index (χ4v) is 1.75. The Morgan fingerprint density at radius 2 is 1.93 bits per heavy atom. The van der Waals surface area contributed by atoms with Crippen LogP contribution in [-0.4, -0.2) is 18.5 Å². The van der Waals surface area contributed by atoms with Gasteiger partial charge in [-0.05, 0) is 30.6 Å². The van der Waals surface area contributed by atoms with Crippen molar-refractivity contribution in [1.29, 1.82) is 0 Å². The molecule has 0 fully saturated rings. The van der Waals surface area contributed by atoms with Crippen molar-refractivity contribution in [2.45, 2.75) is 47.0 Å². The number of hydrogen-bond donors (Lipinski definition) is 0. The van der Waals surface area contributed by atoms with Gasteiger partial charge < -0.3 is 4.74 Å². The van der Waals surface area contributed by atoms with Crippen LogP contribution in [0.5, 0.6) is 0 Å². The van der Waals surface area contributed by atoms with Crippen molar-refractivity contribution in [3.8, 4) is 0 Å². The largest absolute Gasteiger partial charge is 0.381 e. The fourth-order valence-electron chi connectivity index (χ4n) is 1.08. The molecule has 0 bridgehead atoms. The van der Waals surface area contributed by atoms with E-state index in [0.717, 1.165) is 30.9 Å². The van der Waals surface area contributed by atoms with Crippen LogP contribution >= 0.6 is 15.9 Å². The first-order chi connectivity index (χ1) is 6.54. The van der Waals surface area contributed by atoms with Crippen LogP contribution in [0.25, 0.3) is 0 Å². The molecule has 0 rings (SSSR count). The van der Waals surface area contributed by atoms with Crippen LogP contribution in [0.3, 0.4) is 0 Å². The predicted octanol–water partition coefficient (Wildman–Crippen LogP) is 4.25. The van der Waals surface area contributed by atoms with Crippen LogP contribution in [0.15, 0.2) is 0 Å². The second-order valence-electron chi connectivity index (χ2n) is 4.84. The monoisotopic (exact) mass is 264 g/mol. The molecule has 2 heteroatoms. The van der Waals surface area contributed by atoms with Gasteiger partial charge in [-0.1, -0.05) is 43.6 Å². The molecule has 14 heavy (non-hydrogen) atoms. The minimum atomic E-state index is 0.415. The van der Waals surface area contributed by atoms with Gasteiger partial charge in [-0.15, -0.1) is 0 Å². The second-order valence-corrected chi connectivity index (χ2v) is 5.40. The highest BCUT2D eigenvalue weighted by Crippen LogP contribution is 2.27. The molecule has 0 N–H and O–H groups in total. The molecule has 86 valence electrons. The quantitative estimate of drug-likeness (QED) is 0.471. The number of halogens is 1. The average molecular weight is 265 g/mol. The minimum absolute atomic E-state index is 0.415. The molecule has 0 heterocycles. The molecule has 0 aromatic heterocycles. The highest BCUT2D eigenvalue weighted by Gasteiger charge is 2.19. The van der Waals surface area contributed by atoms with E-state index in [0.29, 0.717) is 5.41 Å². The highest BCUT2D eigenvalue weighted by molar-refractivity contribution is 9.09. The predicted molar refractivity (Wildman–Crippen MR) is 67.1 cm³/mol. The lowest BCUT2D eigenvalue weighted by Gasteiger charge is -2.25. The summed E-state index contributed by atoms with van der Waals surface area (Å²) in [6.45, 7) is 10.8. The summed E-state index contributed by atoms with van der Waals surface area (Å²) in [5, 5.41) is 1.07. The Hall–Kier alpha value is 0.440. The van der Waals surface area contributed by atoms with Crippen LogP contribution in [-0.2, 0) is 4.74 Å². The topological polar surface area (TPSA) is 9.23 Å². The van der Waals surface area contributed by atoms with Gasteiger partial charge >= 0.3 is 0 Å². The van der Waals surface area contributed by atoms with E-state index in [1.165, 1.54) is 12.8 Å². The van der Waals surface area contributed by atoms with Gasteiger partial charge in [0.25, 0.3) is 0 Å². The molecule has 0 saturated carbocycles. The van der Waals surface area contributed by atoms with Gasteiger partial charge in [-0.25, -0.2) is 0 Å². The molecular formula is C12H25BrO. The molecule has 1 nitrogen and oxygen atoms in total. The molecule has 0 saturated heterocycles. The van der Waals surface area contributed by atoms with E-state index in [-0.39, 0.29) is 0 Å². The summed E-state index contributed by atoms with van der Waals surface area (Å²) in [6.07, 6.45) is 3.55. The normalized spacial score (nSPS) is 15.9. The molecule has 0 radical (unpaired) electrons. The zero-order valence-corrected chi connectivity index (χ0v) is 11.7. The third kappa shape index (κ3) is 6.83. The van der Waals surface area contributed by atoms with Gasteiger partial charge in [0.2, 0.25) is 0 Å². The van der Waals surface area contributed by atoms with Gasteiger partial charge in [-0.3, -0.25) is 0 Å². The summed E-state index contributed by atoms with van der Waals surface area (Å²) >= 11 is 3.57.